The van der Waals surface area contributed by atoms with Crippen LogP contribution in [0.1, 0.15) is 29.7 Å². The van der Waals surface area contributed by atoms with Crippen LogP contribution < -0.4 is 19.6 Å². The lowest BCUT2D eigenvalue weighted by Gasteiger charge is -2.26. The highest BCUT2D eigenvalue weighted by Crippen LogP contribution is 2.36. The molecule has 0 unspecified atom stereocenters. The van der Waals surface area contributed by atoms with Crippen molar-refractivity contribution in [1.82, 2.24) is 4.57 Å². The summed E-state index contributed by atoms with van der Waals surface area (Å²) in [5.41, 5.74) is 2.31. The number of phenolic OH excluding ortho intramolecular Hbond substituents is 1. The van der Waals surface area contributed by atoms with E-state index in [1.807, 2.05) is 42.5 Å². The maximum absolute atomic E-state index is 13.8. The molecule has 3 aromatic carbocycles. The molecule has 2 heterocycles. The topological polar surface area (TPSA) is 90.1 Å². The Bertz CT molecular complexity index is 1690. The minimum atomic E-state index is -0.799. The van der Waals surface area contributed by atoms with Crippen LogP contribution in [0.4, 0.5) is 0 Å². The van der Waals surface area contributed by atoms with Gasteiger partial charge in [-0.15, -0.1) is 0 Å². The second kappa shape index (κ2) is 10.3. The lowest BCUT2D eigenvalue weighted by molar-refractivity contribution is -0.138. The van der Waals surface area contributed by atoms with Crippen LogP contribution in [0.5, 0.6) is 11.5 Å². The molecule has 186 valence electrons. The standard InChI is InChI=1S/C29H24N2O5S/c1-3-36-28(34)24-25(18-10-5-4-6-11-18)30-29-31(26(24)20-13-9-14-21(16-20)35-2)27(33)23(37-29)17-19-12-7-8-15-22(19)32/h4-17,26,32H,3H2,1-2H3/b23-17+/t26-/m1/s1. The molecule has 0 bridgehead atoms. The SMILES string of the molecule is CCOC(=O)C1=C(c2ccccc2)N=c2s/c(=C/c3ccccc3O)c(=O)n2[C@@H]1c1cccc(OC)c1. The first kappa shape index (κ1) is 24.3. The summed E-state index contributed by atoms with van der Waals surface area (Å²) >= 11 is 1.20. The highest BCUT2D eigenvalue weighted by molar-refractivity contribution is 7.07. The molecule has 1 atom stereocenters. The molecule has 0 fully saturated rings. The van der Waals surface area contributed by atoms with Crippen LogP contribution in [-0.4, -0.2) is 29.4 Å². The molecule has 0 saturated carbocycles. The van der Waals surface area contributed by atoms with Crippen LogP contribution in [0.3, 0.4) is 0 Å². The first-order chi connectivity index (χ1) is 18.0. The molecule has 0 aliphatic carbocycles. The number of methoxy groups -OCH3 is 1. The Balaban J connectivity index is 1.85. The molecule has 1 aliphatic rings. The van der Waals surface area contributed by atoms with Crippen LogP contribution in [-0.2, 0) is 9.53 Å². The van der Waals surface area contributed by atoms with Crippen LogP contribution in [0.25, 0.3) is 11.8 Å². The third-order valence-electron chi connectivity index (χ3n) is 6.01. The average Bonchev–Trinajstić information content (AvgIpc) is 3.24. The molecule has 1 aliphatic heterocycles. The number of carbonyl (C=O) groups excluding carboxylic acids is 1. The Morgan fingerprint density at radius 3 is 2.57 bits per heavy atom. The first-order valence-corrected chi connectivity index (χ1v) is 12.5. The van der Waals surface area contributed by atoms with Crippen LogP contribution in [0.2, 0.25) is 0 Å². The lowest BCUT2D eigenvalue weighted by atomic mass is 9.93. The van der Waals surface area contributed by atoms with Crippen molar-refractivity contribution in [3.63, 3.8) is 0 Å². The van der Waals surface area contributed by atoms with E-state index in [-0.39, 0.29) is 23.5 Å². The summed E-state index contributed by atoms with van der Waals surface area (Å²) in [6, 6.07) is 22.6. The molecular formula is C29H24N2O5S. The zero-order valence-electron chi connectivity index (χ0n) is 20.3. The number of benzene rings is 3. The normalized spacial score (nSPS) is 15.2. The van der Waals surface area contributed by atoms with Crippen molar-refractivity contribution in [1.29, 1.82) is 0 Å². The molecule has 0 spiro atoms. The first-order valence-electron chi connectivity index (χ1n) is 11.7. The number of carbonyl (C=O) groups is 1. The average molecular weight is 513 g/mol. The summed E-state index contributed by atoms with van der Waals surface area (Å²) in [4.78, 5) is 32.5. The maximum atomic E-state index is 13.8. The molecule has 0 radical (unpaired) electrons. The minimum Gasteiger partial charge on any atom is -0.507 e. The predicted molar refractivity (Wildman–Crippen MR) is 142 cm³/mol. The van der Waals surface area contributed by atoms with E-state index < -0.39 is 12.0 Å². The van der Waals surface area contributed by atoms with Gasteiger partial charge in [-0.05, 0) is 36.8 Å². The van der Waals surface area contributed by atoms with Crippen LogP contribution in [0, 0.1) is 0 Å². The Kier molecular flexibility index (Phi) is 6.74. The van der Waals surface area contributed by atoms with Gasteiger partial charge in [0.25, 0.3) is 5.56 Å². The Morgan fingerprint density at radius 1 is 1.08 bits per heavy atom. The van der Waals surface area contributed by atoms with Gasteiger partial charge in [0.1, 0.15) is 11.5 Å². The number of nitrogens with zero attached hydrogens (tertiary/aromatic N) is 2. The smallest absolute Gasteiger partial charge is 0.338 e. The van der Waals surface area contributed by atoms with Gasteiger partial charge in [-0.25, -0.2) is 9.79 Å². The maximum Gasteiger partial charge on any atom is 0.338 e. The second-order valence-electron chi connectivity index (χ2n) is 8.27. The monoisotopic (exact) mass is 512 g/mol. The summed E-state index contributed by atoms with van der Waals surface area (Å²) in [5, 5.41) is 10.3. The zero-order valence-corrected chi connectivity index (χ0v) is 21.1. The number of aromatic nitrogens is 1. The van der Waals surface area contributed by atoms with Gasteiger partial charge in [0.15, 0.2) is 4.80 Å². The van der Waals surface area contributed by atoms with Gasteiger partial charge in [0, 0.05) is 11.1 Å². The van der Waals surface area contributed by atoms with Gasteiger partial charge in [-0.3, -0.25) is 9.36 Å². The second-order valence-corrected chi connectivity index (χ2v) is 9.28. The van der Waals surface area contributed by atoms with Crippen LogP contribution >= 0.6 is 11.3 Å². The van der Waals surface area contributed by atoms with Crippen molar-refractivity contribution in [2.45, 2.75) is 13.0 Å². The molecule has 0 saturated heterocycles. The number of hydrogen-bond donors (Lipinski definition) is 1. The third kappa shape index (κ3) is 4.59. The molecule has 7 nitrogen and oxygen atoms in total. The number of phenols is 1. The lowest BCUT2D eigenvalue weighted by Crippen LogP contribution is -2.40. The van der Waals surface area contributed by atoms with Crippen molar-refractivity contribution >= 4 is 29.1 Å². The van der Waals surface area contributed by atoms with Crippen molar-refractivity contribution in [2.75, 3.05) is 13.7 Å². The van der Waals surface area contributed by atoms with Gasteiger partial charge in [-0.1, -0.05) is 72.0 Å². The van der Waals surface area contributed by atoms with Crippen LogP contribution in [0.15, 0.2) is 94.2 Å². The fraction of sp³-hybridized carbons (Fsp3) is 0.138. The van der Waals surface area contributed by atoms with E-state index in [0.29, 0.717) is 31.9 Å². The summed E-state index contributed by atoms with van der Waals surface area (Å²) in [6.07, 6.45) is 1.64. The van der Waals surface area contributed by atoms with Gasteiger partial charge in [-0.2, -0.15) is 0 Å². The van der Waals surface area contributed by atoms with E-state index in [0.717, 1.165) is 5.56 Å². The number of ether oxygens (including phenoxy) is 2. The van der Waals surface area contributed by atoms with Crippen molar-refractivity contribution in [3.05, 3.63) is 121 Å². The Morgan fingerprint density at radius 2 is 1.84 bits per heavy atom. The number of hydrogen-bond acceptors (Lipinski definition) is 7. The highest BCUT2D eigenvalue weighted by Gasteiger charge is 2.35. The number of para-hydroxylation sites is 1. The summed E-state index contributed by atoms with van der Waals surface area (Å²) in [7, 11) is 1.56. The predicted octanol–water partition coefficient (Wildman–Crippen LogP) is 3.65. The third-order valence-corrected chi connectivity index (χ3v) is 6.99. The van der Waals surface area contributed by atoms with Gasteiger partial charge in [0.05, 0.1) is 35.6 Å². The summed E-state index contributed by atoms with van der Waals surface area (Å²) in [6.45, 7) is 1.91. The molecule has 1 aromatic heterocycles. The number of thiazole rings is 1. The van der Waals surface area contributed by atoms with E-state index in [1.165, 1.54) is 15.9 Å². The number of esters is 1. The summed E-state index contributed by atoms with van der Waals surface area (Å²) < 4.78 is 12.8. The van der Waals surface area contributed by atoms with Gasteiger partial charge >= 0.3 is 5.97 Å². The molecule has 1 N–H and O–H groups in total. The summed E-state index contributed by atoms with van der Waals surface area (Å²) in [5.74, 6) is 0.109. The Labute approximate surface area is 216 Å². The number of fused-ring (bicyclic) bond motifs is 1. The van der Waals surface area contributed by atoms with Crippen molar-refractivity contribution in [2.24, 2.45) is 4.99 Å². The van der Waals surface area contributed by atoms with Crippen molar-refractivity contribution < 1.29 is 19.4 Å². The molecule has 5 rings (SSSR count). The largest absolute Gasteiger partial charge is 0.507 e. The Hall–Kier alpha value is -4.43. The molecular weight excluding hydrogens is 488 g/mol. The number of aromatic hydroxyl groups is 1. The number of rotatable bonds is 6. The zero-order chi connectivity index (χ0) is 25.9. The molecule has 37 heavy (non-hydrogen) atoms. The van der Waals surface area contributed by atoms with Gasteiger partial charge in [0.2, 0.25) is 0 Å². The van der Waals surface area contributed by atoms with Gasteiger partial charge < -0.3 is 14.6 Å². The van der Waals surface area contributed by atoms with Crippen molar-refractivity contribution in [3.8, 4) is 11.5 Å². The fourth-order valence-electron chi connectivity index (χ4n) is 4.32. The van der Waals surface area contributed by atoms with E-state index in [1.54, 1.807) is 56.5 Å². The molecule has 8 heteroatoms. The highest BCUT2D eigenvalue weighted by atomic mass is 32.1. The van der Waals surface area contributed by atoms with E-state index in [4.69, 9.17) is 14.5 Å². The van der Waals surface area contributed by atoms with E-state index >= 15 is 0 Å². The van der Waals surface area contributed by atoms with E-state index in [9.17, 15) is 14.7 Å². The fourth-order valence-corrected chi connectivity index (χ4v) is 5.31. The quantitative estimate of drug-likeness (QED) is 0.399. The molecule has 4 aromatic rings. The molecule has 0 amide bonds. The van der Waals surface area contributed by atoms with E-state index in [2.05, 4.69) is 0 Å². The minimum absolute atomic E-state index is 0.0647.